The Morgan fingerprint density at radius 3 is 2.74 bits per heavy atom. The van der Waals surface area contributed by atoms with Crippen molar-refractivity contribution in [2.75, 3.05) is 11.9 Å². The van der Waals surface area contributed by atoms with E-state index in [-0.39, 0.29) is 11.8 Å². The molecule has 4 nitrogen and oxygen atoms in total. The lowest BCUT2D eigenvalue weighted by Gasteiger charge is -2.09. The molecule has 2 aliphatic heterocycles. The Morgan fingerprint density at radius 2 is 2.05 bits per heavy atom. The zero-order valence-electron chi connectivity index (χ0n) is 10.1. The van der Waals surface area contributed by atoms with Gasteiger partial charge in [-0.05, 0) is 13.0 Å². The zero-order chi connectivity index (χ0) is 13.6. The molecule has 6 heteroatoms. The molecule has 1 N–H and O–H groups in total. The first kappa shape index (κ1) is 12.4. The minimum atomic E-state index is -0.238. The Kier molecular flexibility index (Phi) is 2.91. The van der Waals surface area contributed by atoms with Crippen LogP contribution in [0.3, 0.4) is 0 Å². The minimum Gasteiger partial charge on any atom is -0.321 e. The van der Waals surface area contributed by atoms with Gasteiger partial charge in [0.2, 0.25) is 0 Å². The summed E-state index contributed by atoms with van der Waals surface area (Å²) >= 11 is 6.37. The number of nitrogens with one attached hydrogen (secondary N) is 1. The molecule has 0 unspecified atom stereocenters. The number of anilines is 1. The van der Waals surface area contributed by atoms with E-state index in [4.69, 9.17) is 12.2 Å². The first-order valence-electron chi connectivity index (χ1n) is 5.82. The molecule has 0 aliphatic carbocycles. The smallest absolute Gasteiger partial charge is 0.266 e. The summed E-state index contributed by atoms with van der Waals surface area (Å²) in [5.41, 5.74) is 1.94. The highest BCUT2D eigenvalue weighted by atomic mass is 32.2. The molecule has 1 aromatic carbocycles. The fourth-order valence-corrected chi connectivity index (χ4v) is 3.63. The van der Waals surface area contributed by atoms with Crippen molar-refractivity contribution in [3.63, 3.8) is 0 Å². The molecule has 0 spiro atoms. The second-order valence-electron chi connectivity index (χ2n) is 4.12. The van der Waals surface area contributed by atoms with Gasteiger partial charge < -0.3 is 5.32 Å². The van der Waals surface area contributed by atoms with Crippen molar-refractivity contribution in [1.29, 1.82) is 0 Å². The van der Waals surface area contributed by atoms with E-state index >= 15 is 0 Å². The number of hydrogen-bond donors (Lipinski definition) is 1. The van der Waals surface area contributed by atoms with Crippen LogP contribution < -0.4 is 5.32 Å². The molecule has 1 saturated heterocycles. The fraction of sp³-hybridized carbons (Fsp3) is 0.154. The van der Waals surface area contributed by atoms with Gasteiger partial charge in [-0.25, -0.2) is 0 Å². The normalized spacial score (nSPS) is 21.9. The first-order chi connectivity index (χ1) is 9.13. The number of rotatable bonds is 1. The van der Waals surface area contributed by atoms with Crippen LogP contribution in [0.2, 0.25) is 0 Å². The molecule has 0 radical (unpaired) electrons. The maximum atomic E-state index is 12.3. The van der Waals surface area contributed by atoms with Gasteiger partial charge >= 0.3 is 0 Å². The van der Waals surface area contributed by atoms with Gasteiger partial charge in [0.05, 0.1) is 10.5 Å². The van der Waals surface area contributed by atoms with Crippen LogP contribution in [0.25, 0.3) is 5.57 Å². The number of carbonyl (C=O) groups is 2. The van der Waals surface area contributed by atoms with E-state index < -0.39 is 0 Å². The molecular formula is C13H10N2O2S2. The lowest BCUT2D eigenvalue weighted by atomic mass is 10.1. The second-order valence-corrected chi connectivity index (χ2v) is 5.77. The summed E-state index contributed by atoms with van der Waals surface area (Å²) in [6.07, 6.45) is 0. The van der Waals surface area contributed by atoms with Gasteiger partial charge in [0.25, 0.3) is 11.8 Å². The number of para-hydroxylation sites is 1. The largest absolute Gasteiger partial charge is 0.321 e. The second kappa shape index (κ2) is 4.47. The third-order valence-corrected chi connectivity index (χ3v) is 4.51. The Hall–Kier alpha value is -1.66. The molecular weight excluding hydrogens is 280 g/mol. The van der Waals surface area contributed by atoms with Gasteiger partial charge in [-0.15, -0.1) is 0 Å². The highest BCUT2D eigenvalue weighted by Gasteiger charge is 2.38. The summed E-state index contributed by atoms with van der Waals surface area (Å²) in [7, 11) is 0. The predicted molar refractivity (Wildman–Crippen MR) is 79.6 cm³/mol. The van der Waals surface area contributed by atoms with E-state index in [0.29, 0.717) is 21.3 Å². The molecule has 0 saturated carbocycles. The number of thioether (sulfide) groups is 1. The number of likely N-dealkylation sites (N-methyl/N-ethyl adjacent to an activating group) is 1. The van der Waals surface area contributed by atoms with Crippen LogP contribution in [-0.4, -0.2) is 27.6 Å². The van der Waals surface area contributed by atoms with Gasteiger partial charge in [-0.1, -0.05) is 42.2 Å². The molecule has 0 atom stereocenters. The van der Waals surface area contributed by atoms with Crippen LogP contribution >= 0.6 is 24.0 Å². The van der Waals surface area contributed by atoms with E-state index in [9.17, 15) is 9.59 Å². The number of amides is 2. The average molecular weight is 290 g/mol. The SMILES string of the molecule is CCN1C(=O)/C(=C2/C(=O)Nc3ccccc32)SC1=S. The molecule has 1 aromatic rings. The van der Waals surface area contributed by atoms with Gasteiger partial charge in [-0.2, -0.15) is 0 Å². The summed E-state index contributed by atoms with van der Waals surface area (Å²) in [6, 6.07) is 7.35. The van der Waals surface area contributed by atoms with Gasteiger partial charge in [0.1, 0.15) is 4.32 Å². The lowest BCUT2D eigenvalue weighted by Crippen LogP contribution is -2.27. The van der Waals surface area contributed by atoms with Crippen molar-refractivity contribution in [1.82, 2.24) is 4.90 Å². The summed E-state index contributed by atoms with van der Waals surface area (Å²) in [5.74, 6) is -0.419. The van der Waals surface area contributed by atoms with Crippen molar-refractivity contribution in [3.05, 3.63) is 34.7 Å². The van der Waals surface area contributed by atoms with Crippen LogP contribution in [0.15, 0.2) is 29.2 Å². The van der Waals surface area contributed by atoms with Crippen LogP contribution in [0.1, 0.15) is 12.5 Å². The number of benzene rings is 1. The quantitative estimate of drug-likeness (QED) is 0.636. The van der Waals surface area contributed by atoms with E-state index in [1.807, 2.05) is 31.2 Å². The molecule has 0 bridgehead atoms. The van der Waals surface area contributed by atoms with Crippen LogP contribution in [-0.2, 0) is 9.59 Å². The number of thiocarbonyl (C=S) groups is 1. The zero-order valence-corrected chi connectivity index (χ0v) is 11.7. The minimum absolute atomic E-state index is 0.181. The van der Waals surface area contributed by atoms with E-state index in [2.05, 4.69) is 5.32 Å². The topological polar surface area (TPSA) is 49.4 Å². The van der Waals surface area contributed by atoms with Crippen molar-refractivity contribution < 1.29 is 9.59 Å². The van der Waals surface area contributed by atoms with E-state index in [0.717, 1.165) is 11.3 Å². The Bertz CT molecular complexity index is 652. The van der Waals surface area contributed by atoms with Crippen molar-refractivity contribution >= 4 is 51.4 Å². The van der Waals surface area contributed by atoms with Crippen molar-refractivity contribution in [2.45, 2.75) is 6.92 Å². The molecule has 2 aliphatic rings. The van der Waals surface area contributed by atoms with Gasteiger partial charge in [0, 0.05) is 17.8 Å². The summed E-state index contributed by atoms with van der Waals surface area (Å²) in [5, 5.41) is 2.77. The third kappa shape index (κ3) is 1.79. The highest BCUT2D eigenvalue weighted by Crippen LogP contribution is 2.41. The number of fused-ring (bicyclic) bond motifs is 1. The standard InChI is InChI=1S/C13H10N2O2S2/c1-2-15-12(17)10(19-13(15)18)9-7-5-3-4-6-8(7)14-11(9)16/h3-6H,2H2,1H3,(H,14,16)/b10-9-. The first-order valence-corrected chi connectivity index (χ1v) is 7.04. The van der Waals surface area contributed by atoms with Crippen LogP contribution in [0.5, 0.6) is 0 Å². The predicted octanol–water partition coefficient (Wildman–Crippen LogP) is 2.23. The molecule has 19 heavy (non-hydrogen) atoms. The number of hydrogen-bond acceptors (Lipinski definition) is 4. The Balaban J connectivity index is 2.17. The maximum Gasteiger partial charge on any atom is 0.266 e. The average Bonchev–Trinajstić information content (AvgIpc) is 2.85. The molecule has 3 rings (SSSR count). The molecule has 2 heterocycles. The van der Waals surface area contributed by atoms with Crippen molar-refractivity contribution in [3.8, 4) is 0 Å². The summed E-state index contributed by atoms with van der Waals surface area (Å²) in [4.78, 5) is 26.3. The summed E-state index contributed by atoms with van der Waals surface area (Å²) < 4.78 is 0.507. The Labute approximate surface area is 119 Å². The number of carbonyl (C=O) groups excluding carboxylic acids is 2. The summed E-state index contributed by atoms with van der Waals surface area (Å²) in [6.45, 7) is 2.38. The maximum absolute atomic E-state index is 12.3. The lowest BCUT2D eigenvalue weighted by molar-refractivity contribution is -0.122. The molecule has 0 aromatic heterocycles. The van der Waals surface area contributed by atoms with Gasteiger partial charge in [0.15, 0.2) is 0 Å². The van der Waals surface area contributed by atoms with E-state index in [1.165, 1.54) is 16.7 Å². The molecule has 2 amide bonds. The van der Waals surface area contributed by atoms with Gasteiger partial charge in [-0.3, -0.25) is 14.5 Å². The van der Waals surface area contributed by atoms with Crippen LogP contribution in [0, 0.1) is 0 Å². The monoisotopic (exact) mass is 290 g/mol. The highest BCUT2D eigenvalue weighted by molar-refractivity contribution is 8.26. The number of nitrogens with zero attached hydrogens (tertiary/aromatic N) is 1. The van der Waals surface area contributed by atoms with Crippen LogP contribution in [0.4, 0.5) is 5.69 Å². The molecule has 1 fully saturated rings. The fourth-order valence-electron chi connectivity index (χ4n) is 2.16. The van der Waals surface area contributed by atoms with E-state index in [1.54, 1.807) is 0 Å². The molecule has 96 valence electrons. The Morgan fingerprint density at radius 1 is 1.32 bits per heavy atom. The van der Waals surface area contributed by atoms with Crippen molar-refractivity contribution in [2.24, 2.45) is 0 Å². The third-order valence-electron chi connectivity index (χ3n) is 3.06.